The minimum absolute atomic E-state index is 0.00920. The molecule has 102 valence electrons. The number of hydrogen-bond donors (Lipinski definition) is 0. The molecule has 1 aromatic rings. The van der Waals surface area contributed by atoms with Crippen LogP contribution >= 0.6 is 0 Å². The largest absolute Gasteiger partial charge is 0.289 e. The van der Waals surface area contributed by atoms with Crippen LogP contribution in [0, 0.1) is 6.92 Å². The summed E-state index contributed by atoms with van der Waals surface area (Å²) in [4.78, 5) is 27.6. The van der Waals surface area contributed by atoms with Crippen molar-refractivity contribution in [1.29, 1.82) is 0 Å². The molecule has 0 radical (unpaired) electrons. The SMILES string of the molecule is CC1=CC(=NC(=O)Cc2ccc(C)cc2)C=C(C)C1=O. The fraction of sp³-hybridized carbons (Fsp3) is 0.235. The highest BCUT2D eigenvalue weighted by atomic mass is 16.1. The van der Waals surface area contributed by atoms with Crippen molar-refractivity contribution in [1.82, 2.24) is 0 Å². The van der Waals surface area contributed by atoms with E-state index in [0.29, 0.717) is 16.9 Å². The maximum atomic E-state index is 11.9. The number of allylic oxidation sites excluding steroid dienone is 4. The number of carbonyl (C=O) groups excluding carboxylic acids is 2. The molecule has 1 aliphatic carbocycles. The van der Waals surface area contributed by atoms with Crippen molar-refractivity contribution in [3.8, 4) is 0 Å². The van der Waals surface area contributed by atoms with Crippen LogP contribution in [0.4, 0.5) is 0 Å². The van der Waals surface area contributed by atoms with E-state index in [1.807, 2.05) is 31.2 Å². The topological polar surface area (TPSA) is 46.5 Å². The van der Waals surface area contributed by atoms with Gasteiger partial charge in [-0.2, -0.15) is 0 Å². The molecule has 0 heterocycles. The Morgan fingerprint density at radius 1 is 1.00 bits per heavy atom. The molecule has 0 aromatic heterocycles. The number of Topliss-reactive ketones (excluding diaryl/α,β-unsaturated/α-hetero) is 1. The van der Waals surface area contributed by atoms with Gasteiger partial charge in [0.1, 0.15) is 0 Å². The maximum Gasteiger partial charge on any atom is 0.250 e. The Morgan fingerprint density at radius 2 is 1.55 bits per heavy atom. The Bertz CT molecular complexity index is 622. The fourth-order valence-electron chi connectivity index (χ4n) is 2.06. The summed E-state index contributed by atoms with van der Waals surface area (Å²) < 4.78 is 0. The molecule has 0 atom stereocenters. The van der Waals surface area contributed by atoms with Gasteiger partial charge in [-0.25, -0.2) is 4.99 Å². The summed E-state index contributed by atoms with van der Waals surface area (Å²) in [6.45, 7) is 5.48. The highest BCUT2D eigenvalue weighted by molar-refractivity contribution is 6.23. The van der Waals surface area contributed by atoms with Crippen molar-refractivity contribution < 1.29 is 9.59 Å². The summed E-state index contributed by atoms with van der Waals surface area (Å²) in [6.07, 6.45) is 3.59. The monoisotopic (exact) mass is 267 g/mol. The fourth-order valence-corrected chi connectivity index (χ4v) is 2.06. The number of ketones is 1. The number of aryl methyl sites for hydroxylation is 1. The molecule has 3 heteroatoms. The summed E-state index contributed by atoms with van der Waals surface area (Å²) in [5.41, 5.74) is 3.89. The average Bonchev–Trinajstić information content (AvgIpc) is 2.38. The van der Waals surface area contributed by atoms with Gasteiger partial charge >= 0.3 is 0 Å². The lowest BCUT2D eigenvalue weighted by Crippen LogP contribution is -2.12. The van der Waals surface area contributed by atoms with Gasteiger partial charge in [0.15, 0.2) is 5.78 Å². The molecule has 0 unspecified atom stereocenters. The summed E-state index contributed by atoms with van der Waals surface area (Å²) in [5.74, 6) is -0.193. The van der Waals surface area contributed by atoms with Gasteiger partial charge in [0.05, 0.1) is 12.1 Å². The number of aliphatic imine (C=N–C) groups is 1. The van der Waals surface area contributed by atoms with Gasteiger partial charge in [-0.3, -0.25) is 9.59 Å². The number of benzene rings is 1. The molecular formula is C17H17NO2. The van der Waals surface area contributed by atoms with E-state index in [4.69, 9.17) is 0 Å². The van der Waals surface area contributed by atoms with E-state index in [2.05, 4.69) is 4.99 Å². The van der Waals surface area contributed by atoms with Crippen molar-refractivity contribution in [2.45, 2.75) is 27.2 Å². The van der Waals surface area contributed by atoms with E-state index in [0.717, 1.165) is 11.1 Å². The molecule has 3 nitrogen and oxygen atoms in total. The molecule has 0 saturated heterocycles. The first kappa shape index (κ1) is 14.1. The molecule has 20 heavy (non-hydrogen) atoms. The average molecular weight is 267 g/mol. The van der Waals surface area contributed by atoms with Crippen molar-refractivity contribution in [2.75, 3.05) is 0 Å². The standard InChI is InChI=1S/C17H17NO2/c1-11-4-6-14(7-5-11)10-16(19)18-15-8-12(2)17(20)13(3)9-15/h4-9H,10H2,1-3H3. The number of rotatable bonds is 2. The smallest absolute Gasteiger partial charge is 0.250 e. The predicted molar refractivity (Wildman–Crippen MR) is 79.8 cm³/mol. The summed E-state index contributed by atoms with van der Waals surface area (Å²) >= 11 is 0. The minimum Gasteiger partial charge on any atom is -0.289 e. The maximum absolute atomic E-state index is 11.9. The van der Waals surface area contributed by atoms with Crippen LogP contribution < -0.4 is 0 Å². The number of nitrogens with zero attached hydrogens (tertiary/aromatic N) is 1. The molecule has 0 saturated carbocycles. The third-order valence-corrected chi connectivity index (χ3v) is 3.17. The van der Waals surface area contributed by atoms with Crippen LogP contribution in [0.5, 0.6) is 0 Å². The zero-order valence-corrected chi connectivity index (χ0v) is 11.9. The lowest BCUT2D eigenvalue weighted by Gasteiger charge is -2.08. The highest BCUT2D eigenvalue weighted by Crippen LogP contribution is 2.13. The van der Waals surface area contributed by atoms with Crippen molar-refractivity contribution in [3.63, 3.8) is 0 Å². The zero-order valence-electron chi connectivity index (χ0n) is 11.9. The predicted octanol–water partition coefficient (Wildman–Crippen LogP) is 2.98. The lowest BCUT2D eigenvalue weighted by molar-refractivity contribution is -0.117. The second kappa shape index (κ2) is 5.78. The van der Waals surface area contributed by atoms with Crippen LogP contribution in [-0.2, 0) is 16.0 Å². The first-order chi connectivity index (χ1) is 9.45. The zero-order chi connectivity index (χ0) is 14.7. The van der Waals surface area contributed by atoms with Crippen LogP contribution in [0.2, 0.25) is 0 Å². The van der Waals surface area contributed by atoms with Crippen molar-refractivity contribution >= 4 is 17.4 Å². The van der Waals surface area contributed by atoms with Crippen LogP contribution in [-0.4, -0.2) is 17.4 Å². The van der Waals surface area contributed by atoms with Crippen LogP contribution in [0.3, 0.4) is 0 Å². The van der Waals surface area contributed by atoms with Crippen LogP contribution in [0.1, 0.15) is 25.0 Å². The van der Waals surface area contributed by atoms with Crippen molar-refractivity contribution in [2.24, 2.45) is 4.99 Å². The Balaban J connectivity index is 2.13. The van der Waals surface area contributed by atoms with Gasteiger partial charge in [-0.15, -0.1) is 0 Å². The van der Waals surface area contributed by atoms with E-state index < -0.39 is 0 Å². The van der Waals surface area contributed by atoms with E-state index in [1.165, 1.54) is 0 Å². The molecule has 1 aromatic carbocycles. The van der Waals surface area contributed by atoms with Gasteiger partial charge in [-0.05, 0) is 49.6 Å². The molecule has 0 fully saturated rings. The molecule has 2 rings (SSSR count). The first-order valence-corrected chi connectivity index (χ1v) is 6.54. The molecular weight excluding hydrogens is 250 g/mol. The van der Waals surface area contributed by atoms with Gasteiger partial charge in [0, 0.05) is 0 Å². The lowest BCUT2D eigenvalue weighted by atomic mass is 9.98. The molecule has 1 aliphatic rings. The van der Waals surface area contributed by atoms with Crippen LogP contribution in [0.15, 0.2) is 52.6 Å². The van der Waals surface area contributed by atoms with Gasteiger partial charge in [0.25, 0.3) is 5.91 Å². The first-order valence-electron chi connectivity index (χ1n) is 6.54. The van der Waals surface area contributed by atoms with E-state index in [1.54, 1.807) is 26.0 Å². The Morgan fingerprint density at radius 3 is 2.10 bits per heavy atom. The van der Waals surface area contributed by atoms with Gasteiger partial charge in [0.2, 0.25) is 0 Å². The van der Waals surface area contributed by atoms with E-state index in [9.17, 15) is 9.59 Å². The molecule has 0 spiro atoms. The van der Waals surface area contributed by atoms with E-state index in [-0.39, 0.29) is 18.1 Å². The van der Waals surface area contributed by atoms with Crippen LogP contribution in [0.25, 0.3) is 0 Å². The number of hydrogen-bond acceptors (Lipinski definition) is 2. The second-order valence-electron chi connectivity index (χ2n) is 5.08. The third kappa shape index (κ3) is 3.38. The minimum atomic E-state index is -0.202. The summed E-state index contributed by atoms with van der Waals surface area (Å²) in [5, 5.41) is 0. The number of carbonyl (C=O) groups is 2. The Labute approximate surface area is 118 Å². The Kier molecular flexibility index (Phi) is 4.08. The molecule has 0 N–H and O–H groups in total. The van der Waals surface area contributed by atoms with Crippen molar-refractivity contribution in [3.05, 3.63) is 58.7 Å². The second-order valence-corrected chi connectivity index (χ2v) is 5.08. The summed E-state index contributed by atoms with van der Waals surface area (Å²) in [6, 6.07) is 7.81. The summed E-state index contributed by atoms with van der Waals surface area (Å²) in [7, 11) is 0. The van der Waals surface area contributed by atoms with Gasteiger partial charge in [-0.1, -0.05) is 29.8 Å². The normalized spacial score (nSPS) is 14.8. The van der Waals surface area contributed by atoms with Gasteiger partial charge < -0.3 is 0 Å². The Hall–Kier alpha value is -2.29. The molecule has 0 aliphatic heterocycles. The molecule has 1 amide bonds. The highest BCUT2D eigenvalue weighted by Gasteiger charge is 2.14. The van der Waals surface area contributed by atoms with E-state index >= 15 is 0 Å². The third-order valence-electron chi connectivity index (χ3n) is 3.17. The quantitative estimate of drug-likeness (QED) is 0.773. The molecule has 0 bridgehead atoms. The number of amides is 1.